The molecule has 1 aromatic carbocycles. The number of carbonyl (C=O) groups excluding carboxylic acids is 1. The molecular weight excluding hydrogens is 356 g/mol. The van der Waals surface area contributed by atoms with Crippen LogP contribution in [0.2, 0.25) is 0 Å². The third-order valence-corrected chi connectivity index (χ3v) is 3.77. The van der Waals surface area contributed by atoms with Crippen molar-refractivity contribution in [3.8, 4) is 28.3 Å². The van der Waals surface area contributed by atoms with Crippen LogP contribution >= 0.6 is 0 Å². The largest absolute Gasteiger partial charge is 0.474 e. The third kappa shape index (κ3) is 5.09. The van der Waals surface area contributed by atoms with Crippen LogP contribution < -0.4 is 10.1 Å². The number of hydrogen-bond donors (Lipinski definition) is 2. The SMILES string of the molecule is CC(C)(C)OC(=O)NCCOc1n[nH]c(-c2ccccc2)c1-c1ccncc1. The lowest BCUT2D eigenvalue weighted by atomic mass is 10.0. The molecule has 0 saturated carbocycles. The first kappa shape index (κ1) is 19.4. The highest BCUT2D eigenvalue weighted by Crippen LogP contribution is 2.36. The minimum absolute atomic E-state index is 0.260. The zero-order chi connectivity index (χ0) is 20.0. The maximum atomic E-state index is 11.7. The highest BCUT2D eigenvalue weighted by Gasteiger charge is 2.19. The van der Waals surface area contributed by atoms with Gasteiger partial charge in [0, 0.05) is 18.0 Å². The fraction of sp³-hybridized carbons (Fsp3) is 0.286. The van der Waals surface area contributed by atoms with E-state index in [0.29, 0.717) is 12.4 Å². The standard InChI is InChI=1S/C21H24N4O3/c1-21(2,3)28-20(26)23-13-14-27-19-17(15-9-11-22-12-10-15)18(24-25-19)16-7-5-4-6-8-16/h4-12H,13-14H2,1-3H3,(H,23,26)(H,24,25). The van der Waals surface area contributed by atoms with Crippen LogP contribution in [0.15, 0.2) is 54.9 Å². The van der Waals surface area contributed by atoms with Crippen LogP contribution in [0, 0.1) is 0 Å². The van der Waals surface area contributed by atoms with Crippen molar-refractivity contribution in [1.29, 1.82) is 0 Å². The Morgan fingerprint density at radius 2 is 1.79 bits per heavy atom. The minimum atomic E-state index is -0.535. The number of benzene rings is 1. The van der Waals surface area contributed by atoms with E-state index in [1.54, 1.807) is 12.4 Å². The highest BCUT2D eigenvalue weighted by atomic mass is 16.6. The Morgan fingerprint density at radius 3 is 2.46 bits per heavy atom. The van der Waals surface area contributed by atoms with Crippen molar-refractivity contribution in [1.82, 2.24) is 20.5 Å². The predicted octanol–water partition coefficient (Wildman–Crippen LogP) is 4.04. The normalized spacial score (nSPS) is 11.1. The number of hydrogen-bond acceptors (Lipinski definition) is 5. The maximum absolute atomic E-state index is 11.7. The van der Waals surface area contributed by atoms with Crippen LogP contribution in [-0.2, 0) is 4.74 Å². The van der Waals surface area contributed by atoms with Gasteiger partial charge < -0.3 is 14.8 Å². The second-order valence-electron chi connectivity index (χ2n) is 7.16. The molecule has 7 nitrogen and oxygen atoms in total. The van der Waals surface area contributed by atoms with Crippen molar-refractivity contribution in [3.05, 3.63) is 54.9 Å². The molecule has 7 heteroatoms. The highest BCUT2D eigenvalue weighted by molar-refractivity contribution is 5.84. The zero-order valence-electron chi connectivity index (χ0n) is 16.2. The number of aromatic amines is 1. The van der Waals surface area contributed by atoms with Gasteiger partial charge in [-0.05, 0) is 38.5 Å². The summed E-state index contributed by atoms with van der Waals surface area (Å²) in [5, 5.41) is 10.1. The smallest absolute Gasteiger partial charge is 0.407 e. The average Bonchev–Trinajstić information content (AvgIpc) is 3.09. The number of aromatic nitrogens is 3. The molecule has 2 N–H and O–H groups in total. The molecule has 0 fully saturated rings. The molecule has 0 aliphatic heterocycles. The first-order valence-corrected chi connectivity index (χ1v) is 9.08. The molecule has 0 radical (unpaired) electrons. The summed E-state index contributed by atoms with van der Waals surface area (Å²) in [7, 11) is 0. The fourth-order valence-corrected chi connectivity index (χ4v) is 2.64. The Kier molecular flexibility index (Phi) is 5.93. The van der Waals surface area contributed by atoms with Crippen molar-refractivity contribution < 1.29 is 14.3 Å². The summed E-state index contributed by atoms with van der Waals surface area (Å²) in [5.41, 5.74) is 3.13. The lowest BCUT2D eigenvalue weighted by Crippen LogP contribution is -2.34. The molecule has 0 saturated heterocycles. The molecule has 0 spiro atoms. The zero-order valence-corrected chi connectivity index (χ0v) is 16.2. The number of nitrogens with zero attached hydrogens (tertiary/aromatic N) is 2. The van der Waals surface area contributed by atoms with Gasteiger partial charge >= 0.3 is 6.09 Å². The molecule has 0 unspecified atom stereocenters. The van der Waals surface area contributed by atoms with Gasteiger partial charge in [0.15, 0.2) is 0 Å². The van der Waals surface area contributed by atoms with Crippen LogP contribution in [0.25, 0.3) is 22.4 Å². The van der Waals surface area contributed by atoms with E-state index in [-0.39, 0.29) is 6.61 Å². The Labute approximate surface area is 164 Å². The van der Waals surface area contributed by atoms with E-state index in [9.17, 15) is 4.79 Å². The van der Waals surface area contributed by atoms with E-state index in [1.807, 2.05) is 63.2 Å². The summed E-state index contributed by atoms with van der Waals surface area (Å²) in [6, 6.07) is 13.7. The summed E-state index contributed by atoms with van der Waals surface area (Å²) in [6.07, 6.45) is 2.98. The molecule has 2 aromatic heterocycles. The molecule has 146 valence electrons. The van der Waals surface area contributed by atoms with Gasteiger partial charge in [-0.2, -0.15) is 0 Å². The summed E-state index contributed by atoms with van der Waals surface area (Å²) in [4.78, 5) is 15.8. The Balaban J connectivity index is 1.73. The van der Waals surface area contributed by atoms with E-state index in [2.05, 4.69) is 20.5 Å². The lowest BCUT2D eigenvalue weighted by Gasteiger charge is -2.19. The van der Waals surface area contributed by atoms with Gasteiger partial charge in [0.2, 0.25) is 5.88 Å². The van der Waals surface area contributed by atoms with Crippen molar-refractivity contribution in [2.24, 2.45) is 0 Å². The van der Waals surface area contributed by atoms with E-state index in [0.717, 1.165) is 22.4 Å². The molecule has 1 amide bonds. The molecule has 0 aliphatic carbocycles. The van der Waals surface area contributed by atoms with Gasteiger partial charge in [-0.1, -0.05) is 30.3 Å². The first-order valence-electron chi connectivity index (χ1n) is 9.08. The van der Waals surface area contributed by atoms with Crippen molar-refractivity contribution >= 4 is 6.09 Å². The fourth-order valence-electron chi connectivity index (χ4n) is 2.64. The van der Waals surface area contributed by atoms with E-state index in [4.69, 9.17) is 9.47 Å². The monoisotopic (exact) mass is 380 g/mol. The summed E-state index contributed by atoms with van der Waals surface area (Å²) in [5.74, 6) is 0.469. The molecule has 28 heavy (non-hydrogen) atoms. The number of amides is 1. The van der Waals surface area contributed by atoms with Crippen LogP contribution in [0.4, 0.5) is 4.79 Å². The van der Waals surface area contributed by atoms with Gasteiger partial charge in [-0.15, -0.1) is 5.10 Å². The predicted molar refractivity (Wildman–Crippen MR) is 107 cm³/mol. The summed E-state index contributed by atoms with van der Waals surface area (Å²) in [6.45, 7) is 6.02. The first-order chi connectivity index (χ1) is 13.4. The maximum Gasteiger partial charge on any atom is 0.407 e. The van der Waals surface area contributed by atoms with Gasteiger partial charge in [-0.25, -0.2) is 4.79 Å². The van der Waals surface area contributed by atoms with Gasteiger partial charge in [0.05, 0.1) is 17.8 Å². The minimum Gasteiger partial charge on any atom is -0.474 e. The average molecular weight is 380 g/mol. The van der Waals surface area contributed by atoms with Gasteiger partial charge in [0.1, 0.15) is 12.2 Å². The summed E-state index contributed by atoms with van der Waals surface area (Å²) < 4.78 is 11.1. The number of H-pyrrole nitrogens is 1. The second kappa shape index (κ2) is 8.56. The topological polar surface area (TPSA) is 89.1 Å². The quantitative estimate of drug-likeness (QED) is 0.630. The number of pyridine rings is 1. The van der Waals surface area contributed by atoms with Gasteiger partial charge in [-0.3, -0.25) is 10.1 Å². The Hall–Kier alpha value is -3.35. The lowest BCUT2D eigenvalue weighted by molar-refractivity contribution is 0.0520. The van der Waals surface area contributed by atoms with Crippen molar-refractivity contribution in [3.63, 3.8) is 0 Å². The number of nitrogens with one attached hydrogen (secondary N) is 2. The number of carbonyl (C=O) groups is 1. The van der Waals surface area contributed by atoms with Crippen molar-refractivity contribution in [2.45, 2.75) is 26.4 Å². The Bertz CT molecular complexity index is 902. The molecular formula is C21H24N4O3. The van der Waals surface area contributed by atoms with Crippen LogP contribution in [0.5, 0.6) is 5.88 Å². The number of alkyl carbamates (subject to hydrolysis) is 1. The third-order valence-electron chi connectivity index (χ3n) is 3.77. The van der Waals surface area contributed by atoms with E-state index < -0.39 is 11.7 Å². The van der Waals surface area contributed by atoms with Crippen LogP contribution in [-0.4, -0.2) is 40.0 Å². The molecule has 3 aromatic rings. The van der Waals surface area contributed by atoms with Crippen LogP contribution in [0.1, 0.15) is 20.8 Å². The van der Waals surface area contributed by atoms with Crippen LogP contribution in [0.3, 0.4) is 0 Å². The molecule has 0 atom stereocenters. The van der Waals surface area contributed by atoms with Crippen molar-refractivity contribution in [2.75, 3.05) is 13.2 Å². The number of rotatable bonds is 6. The second-order valence-corrected chi connectivity index (χ2v) is 7.16. The molecule has 0 aliphatic rings. The molecule has 3 rings (SSSR count). The Morgan fingerprint density at radius 1 is 1.07 bits per heavy atom. The molecule has 0 bridgehead atoms. The van der Waals surface area contributed by atoms with E-state index in [1.165, 1.54) is 0 Å². The van der Waals surface area contributed by atoms with Gasteiger partial charge in [0.25, 0.3) is 0 Å². The summed E-state index contributed by atoms with van der Waals surface area (Å²) >= 11 is 0. The molecule has 2 heterocycles. The van der Waals surface area contributed by atoms with E-state index >= 15 is 0 Å². The number of ether oxygens (including phenoxy) is 2.